The molecule has 0 unspecified atom stereocenters. The third-order valence-corrected chi connectivity index (χ3v) is 10.3. The number of fused-ring (bicyclic) bond motifs is 1. The Bertz CT molecular complexity index is 1810. The maximum Gasteiger partial charge on any atom is 0.160 e. The molecule has 2 aliphatic heterocycles. The van der Waals surface area contributed by atoms with Gasteiger partial charge in [-0.1, -0.05) is 7.43 Å². The minimum Gasteiger partial charge on any atom is -0.388 e. The van der Waals surface area contributed by atoms with Crippen LogP contribution in [0.2, 0.25) is 0 Å². The summed E-state index contributed by atoms with van der Waals surface area (Å²) in [5, 5.41) is 14.9. The van der Waals surface area contributed by atoms with Crippen LogP contribution in [-0.2, 0) is 9.59 Å². The Kier molecular flexibility index (Phi) is 14.3. The number of thioether (sulfide) groups is 1. The van der Waals surface area contributed by atoms with Crippen molar-refractivity contribution in [1.82, 2.24) is 35.5 Å². The molecule has 0 bridgehead atoms. The first-order valence-corrected chi connectivity index (χ1v) is 18.0. The van der Waals surface area contributed by atoms with E-state index in [1.807, 2.05) is 62.8 Å². The smallest absolute Gasteiger partial charge is 0.160 e. The summed E-state index contributed by atoms with van der Waals surface area (Å²) in [6, 6.07) is 15.9. The summed E-state index contributed by atoms with van der Waals surface area (Å²) in [6.45, 7) is 5.48. The number of Topliss-reactive ketones (excluding diaryl/α,β-unsaturated/α-hetero) is 1. The first-order chi connectivity index (χ1) is 23.9. The predicted molar refractivity (Wildman–Crippen MR) is 206 cm³/mol. The number of aromatic amines is 1. The number of halogens is 1. The second-order valence-electron chi connectivity index (χ2n) is 11.9. The van der Waals surface area contributed by atoms with Gasteiger partial charge in [-0.2, -0.15) is 5.10 Å². The molecule has 1 aromatic carbocycles. The van der Waals surface area contributed by atoms with Gasteiger partial charge in [0.05, 0.1) is 16.1 Å². The molecule has 2 fully saturated rings. The van der Waals surface area contributed by atoms with Crippen molar-refractivity contribution in [2.75, 3.05) is 55.6 Å². The maximum atomic E-state index is 11.6. The normalized spacial score (nSPS) is 17.1. The minimum atomic E-state index is -0.0972. The number of pyridine rings is 2. The summed E-state index contributed by atoms with van der Waals surface area (Å²) in [4.78, 5) is 41.5. The number of alkyl halides is 1. The van der Waals surface area contributed by atoms with Crippen LogP contribution in [0.4, 0.5) is 11.5 Å². The molecule has 264 valence electrons. The van der Waals surface area contributed by atoms with Crippen molar-refractivity contribution in [2.45, 2.75) is 38.4 Å². The van der Waals surface area contributed by atoms with E-state index in [1.54, 1.807) is 36.4 Å². The molecule has 7 rings (SSSR count). The van der Waals surface area contributed by atoms with Gasteiger partial charge in [0.15, 0.2) is 11.6 Å². The molecule has 0 spiro atoms. The number of hydrogen-bond acceptors (Lipinski definition) is 11. The maximum absolute atomic E-state index is 11.6. The Labute approximate surface area is 303 Å². The quantitative estimate of drug-likeness (QED) is 0.120. The van der Waals surface area contributed by atoms with Gasteiger partial charge in [-0.3, -0.25) is 14.9 Å². The van der Waals surface area contributed by atoms with E-state index in [0.717, 1.165) is 96.7 Å². The molecule has 50 heavy (non-hydrogen) atoms. The van der Waals surface area contributed by atoms with Gasteiger partial charge < -0.3 is 20.3 Å². The van der Waals surface area contributed by atoms with Crippen molar-refractivity contribution in [3.05, 3.63) is 79.0 Å². The fourth-order valence-electron chi connectivity index (χ4n) is 5.79. The topological polar surface area (TPSA) is 142 Å². The fraction of sp³-hybridized carbons (Fsp3) is 0.378. The summed E-state index contributed by atoms with van der Waals surface area (Å²) in [6.07, 6.45) is 12.8. The lowest BCUT2D eigenvalue weighted by Gasteiger charge is -2.31. The molecule has 3 N–H and O–H groups in total. The Morgan fingerprint density at radius 1 is 1.06 bits per heavy atom. The van der Waals surface area contributed by atoms with E-state index in [-0.39, 0.29) is 29.8 Å². The van der Waals surface area contributed by atoms with Crippen LogP contribution < -0.4 is 15.5 Å². The Balaban J connectivity index is 0.000000180. The van der Waals surface area contributed by atoms with Gasteiger partial charge in [-0.25, -0.2) is 15.0 Å². The predicted octanol–water partition coefficient (Wildman–Crippen LogP) is 6.45. The summed E-state index contributed by atoms with van der Waals surface area (Å²) >= 11 is 7.28. The third-order valence-electron chi connectivity index (χ3n) is 8.77. The van der Waals surface area contributed by atoms with Crippen molar-refractivity contribution in [3.63, 3.8) is 0 Å². The monoisotopic (exact) mass is 715 g/mol. The molecule has 5 aromatic rings. The molecule has 2 aliphatic rings. The lowest BCUT2D eigenvalue weighted by atomic mass is 9.93. The Morgan fingerprint density at radius 3 is 2.42 bits per heavy atom. The SMILES string of the molecule is C.CNc1ccc2[nH]nc(-c3ccnc(C)c3)c2c1.CS[C@@]1(C=O)CCNC1.O=C(CCl)C1CCN(c2ccc(-c3ncccn3)cn2)CC1. The van der Waals surface area contributed by atoms with Crippen molar-refractivity contribution in [1.29, 1.82) is 0 Å². The van der Waals surface area contributed by atoms with Crippen LogP contribution in [0.15, 0.2) is 73.3 Å². The summed E-state index contributed by atoms with van der Waals surface area (Å²) in [5.41, 5.74) is 6.06. The number of nitrogens with one attached hydrogen (secondary N) is 3. The number of carbonyl (C=O) groups is 2. The van der Waals surface area contributed by atoms with Crippen LogP contribution in [0.25, 0.3) is 33.5 Å². The van der Waals surface area contributed by atoms with Crippen LogP contribution in [-0.4, -0.2) is 92.3 Å². The Hall–Kier alpha value is -4.39. The van der Waals surface area contributed by atoms with Crippen LogP contribution in [0, 0.1) is 12.8 Å². The molecule has 0 radical (unpaired) electrons. The van der Waals surface area contributed by atoms with Crippen molar-refractivity contribution < 1.29 is 9.59 Å². The molecule has 0 saturated carbocycles. The molecule has 6 heterocycles. The zero-order valence-corrected chi connectivity index (χ0v) is 29.6. The molecule has 0 aliphatic carbocycles. The van der Waals surface area contributed by atoms with Gasteiger partial charge in [0.25, 0.3) is 0 Å². The number of carbonyl (C=O) groups excluding carboxylic acids is 2. The number of nitrogens with zero attached hydrogens (tertiary/aromatic N) is 6. The number of anilines is 2. The van der Waals surface area contributed by atoms with Crippen molar-refractivity contribution >= 4 is 57.8 Å². The molecular weight excluding hydrogens is 670 g/mol. The first-order valence-electron chi connectivity index (χ1n) is 16.3. The standard InChI is InChI=1S/C16H17ClN4O.C14H14N4.C6H11NOS.CH4/c17-10-14(22)12-4-8-21(9-5-12)15-3-2-13(11-20-15)16-18-6-1-7-19-16;1-9-7-10(5-6-16-9)14-12-8-11(15-2)3-4-13(12)17-18-14;1-9-6(5-8)2-3-7-4-6;/h1-3,6-7,11-12H,4-5,8-10H2;3-8,15H,1-2H3,(H,17,18);5,7H,2-4H2,1H3;1H4/t;;6-;/m..0./s1. The van der Waals surface area contributed by atoms with E-state index in [1.165, 1.54) is 0 Å². The average Bonchev–Trinajstić information content (AvgIpc) is 3.83. The van der Waals surface area contributed by atoms with Gasteiger partial charge in [0.1, 0.15) is 17.8 Å². The second kappa shape index (κ2) is 18.6. The number of aryl methyl sites for hydroxylation is 1. The number of H-pyrrole nitrogens is 1. The minimum absolute atomic E-state index is 0. The number of benzene rings is 1. The molecule has 0 amide bonds. The first kappa shape index (κ1) is 38.4. The van der Waals surface area contributed by atoms with Gasteiger partial charge in [0.2, 0.25) is 0 Å². The van der Waals surface area contributed by atoms with E-state index < -0.39 is 0 Å². The zero-order valence-electron chi connectivity index (χ0n) is 28.0. The number of hydrogen-bond donors (Lipinski definition) is 3. The number of aldehydes is 1. The highest BCUT2D eigenvalue weighted by Gasteiger charge is 2.32. The van der Waals surface area contributed by atoms with E-state index in [2.05, 4.69) is 51.7 Å². The van der Waals surface area contributed by atoms with E-state index >= 15 is 0 Å². The fourth-order valence-corrected chi connectivity index (χ4v) is 6.65. The van der Waals surface area contributed by atoms with E-state index in [4.69, 9.17) is 11.6 Å². The summed E-state index contributed by atoms with van der Waals surface area (Å²) in [7, 11) is 1.91. The molecule has 2 saturated heterocycles. The average molecular weight is 716 g/mol. The summed E-state index contributed by atoms with van der Waals surface area (Å²) in [5.74, 6) is 1.98. The zero-order chi connectivity index (χ0) is 34.6. The van der Waals surface area contributed by atoms with Crippen molar-refractivity contribution in [2.24, 2.45) is 5.92 Å². The number of aromatic nitrogens is 6. The largest absolute Gasteiger partial charge is 0.388 e. The van der Waals surface area contributed by atoms with E-state index in [0.29, 0.717) is 5.82 Å². The lowest BCUT2D eigenvalue weighted by Crippen LogP contribution is -2.37. The highest BCUT2D eigenvalue weighted by Crippen LogP contribution is 2.29. The van der Waals surface area contributed by atoms with Crippen LogP contribution in [0.3, 0.4) is 0 Å². The van der Waals surface area contributed by atoms with Gasteiger partial charge in [-0.15, -0.1) is 23.4 Å². The number of ketones is 1. The second-order valence-corrected chi connectivity index (χ2v) is 13.4. The van der Waals surface area contributed by atoms with Crippen molar-refractivity contribution in [3.8, 4) is 22.6 Å². The highest BCUT2D eigenvalue weighted by atomic mass is 35.5. The van der Waals surface area contributed by atoms with Gasteiger partial charge >= 0.3 is 0 Å². The lowest BCUT2D eigenvalue weighted by molar-refractivity contribution is -0.121. The molecule has 11 nitrogen and oxygen atoms in total. The van der Waals surface area contributed by atoms with Gasteiger partial charge in [-0.05, 0) is 87.5 Å². The Morgan fingerprint density at radius 2 is 1.84 bits per heavy atom. The van der Waals surface area contributed by atoms with E-state index in [9.17, 15) is 9.59 Å². The van der Waals surface area contributed by atoms with Crippen LogP contribution in [0.5, 0.6) is 0 Å². The molecule has 13 heteroatoms. The highest BCUT2D eigenvalue weighted by molar-refractivity contribution is 8.00. The number of rotatable bonds is 8. The van der Waals surface area contributed by atoms with Gasteiger partial charge in [0, 0.05) is 85.3 Å². The third kappa shape index (κ3) is 9.64. The summed E-state index contributed by atoms with van der Waals surface area (Å²) < 4.78 is -0.0972. The molecular formula is C37H46ClN9O2S. The number of piperidine rings is 1. The molecule has 1 atom stereocenters. The molecule has 4 aromatic heterocycles. The van der Waals surface area contributed by atoms with Crippen LogP contribution in [0.1, 0.15) is 32.4 Å². The van der Waals surface area contributed by atoms with Crippen LogP contribution >= 0.6 is 23.4 Å².